The summed E-state index contributed by atoms with van der Waals surface area (Å²) in [6.07, 6.45) is 2.18. The molecular formula is C15H22N4O8. The summed E-state index contributed by atoms with van der Waals surface area (Å²) in [5.41, 5.74) is 0.586. The van der Waals surface area contributed by atoms with Gasteiger partial charge in [0.05, 0.1) is 6.33 Å². The van der Waals surface area contributed by atoms with Gasteiger partial charge in [0.15, 0.2) is 0 Å². The Morgan fingerprint density at radius 3 is 2.04 bits per heavy atom. The number of hydrogen-bond donors (Lipinski definition) is 7. The maximum Gasteiger partial charge on any atom is 0.321 e. The number of aromatic nitrogens is 2. The molecule has 0 aliphatic rings. The lowest BCUT2D eigenvalue weighted by Crippen LogP contribution is -2.49. The molecule has 0 saturated heterocycles. The Bertz CT molecular complexity index is 648. The molecule has 1 aromatic heterocycles. The highest BCUT2D eigenvalue weighted by atomic mass is 16.4. The van der Waals surface area contributed by atoms with Crippen molar-refractivity contribution in [3.8, 4) is 0 Å². The van der Waals surface area contributed by atoms with Crippen LogP contribution in [0.1, 0.15) is 25.0 Å². The number of nitrogens with one attached hydrogen (secondary N) is 3. The van der Waals surface area contributed by atoms with Crippen molar-refractivity contribution in [1.82, 2.24) is 20.6 Å². The average Bonchev–Trinajstić information content (AvgIpc) is 3.07. The first-order valence-electron chi connectivity index (χ1n) is 8.07. The smallest absolute Gasteiger partial charge is 0.321 e. The van der Waals surface area contributed by atoms with E-state index in [0.717, 1.165) is 0 Å². The van der Waals surface area contributed by atoms with Gasteiger partial charge >= 0.3 is 23.9 Å². The Labute approximate surface area is 153 Å². The minimum absolute atomic E-state index is 0.0136. The van der Waals surface area contributed by atoms with Crippen molar-refractivity contribution in [1.29, 1.82) is 0 Å². The molecule has 0 bridgehead atoms. The fourth-order valence-electron chi connectivity index (χ4n) is 2.33. The second kappa shape index (κ2) is 10.9. The van der Waals surface area contributed by atoms with Crippen molar-refractivity contribution >= 4 is 23.9 Å². The minimum atomic E-state index is -1.36. The fraction of sp³-hybridized carbons (Fsp3) is 0.533. The van der Waals surface area contributed by atoms with E-state index >= 15 is 0 Å². The van der Waals surface area contributed by atoms with E-state index in [4.69, 9.17) is 10.2 Å². The van der Waals surface area contributed by atoms with Gasteiger partial charge in [0.25, 0.3) is 0 Å². The van der Waals surface area contributed by atoms with Gasteiger partial charge in [-0.25, -0.2) is 4.98 Å². The van der Waals surface area contributed by atoms with E-state index in [-0.39, 0.29) is 25.8 Å². The highest BCUT2D eigenvalue weighted by Gasteiger charge is 2.27. The van der Waals surface area contributed by atoms with E-state index in [0.29, 0.717) is 5.69 Å². The molecule has 1 heterocycles. The van der Waals surface area contributed by atoms with Crippen molar-refractivity contribution < 1.29 is 39.6 Å². The van der Waals surface area contributed by atoms with Gasteiger partial charge in [-0.15, -0.1) is 0 Å². The second-order valence-corrected chi connectivity index (χ2v) is 5.80. The van der Waals surface area contributed by atoms with E-state index in [2.05, 4.69) is 20.6 Å². The number of H-pyrrole nitrogens is 1. The Balaban J connectivity index is 2.59. The monoisotopic (exact) mass is 386 g/mol. The Morgan fingerprint density at radius 2 is 1.56 bits per heavy atom. The normalized spacial score (nSPS) is 14.2. The van der Waals surface area contributed by atoms with Gasteiger partial charge in [0.2, 0.25) is 0 Å². The van der Waals surface area contributed by atoms with Gasteiger partial charge in [-0.1, -0.05) is 0 Å². The molecule has 1 rings (SSSR count). The Hall–Kier alpha value is -2.99. The number of nitrogens with zero attached hydrogens (tertiary/aromatic N) is 1. The second-order valence-electron chi connectivity index (χ2n) is 5.80. The van der Waals surface area contributed by atoms with Crippen LogP contribution in [0.3, 0.4) is 0 Å². The summed E-state index contributed by atoms with van der Waals surface area (Å²) < 4.78 is 0. The van der Waals surface area contributed by atoms with Gasteiger partial charge < -0.3 is 30.7 Å². The molecule has 12 nitrogen and oxygen atoms in total. The molecule has 0 saturated carbocycles. The fourth-order valence-corrected chi connectivity index (χ4v) is 2.33. The highest BCUT2D eigenvalue weighted by Crippen LogP contribution is 2.04. The number of carboxylic acid groups (broad SMARTS) is 4. The highest BCUT2D eigenvalue weighted by molar-refractivity contribution is 5.78. The lowest BCUT2D eigenvalue weighted by atomic mass is 10.1. The first kappa shape index (κ1) is 22.1. The van der Waals surface area contributed by atoms with Crippen LogP contribution in [0.15, 0.2) is 12.5 Å². The number of hydrogen-bond acceptors (Lipinski definition) is 7. The molecule has 0 unspecified atom stereocenters. The van der Waals surface area contributed by atoms with Crippen LogP contribution >= 0.6 is 0 Å². The molecule has 150 valence electrons. The third-order valence-corrected chi connectivity index (χ3v) is 3.75. The number of aliphatic carboxylic acids is 4. The summed E-state index contributed by atoms with van der Waals surface area (Å²) in [5, 5.41) is 41.3. The van der Waals surface area contributed by atoms with Crippen molar-refractivity contribution in [2.75, 3.05) is 6.54 Å². The molecule has 12 heteroatoms. The molecule has 0 aliphatic carbocycles. The predicted octanol–water partition coefficient (Wildman–Crippen LogP) is -1.25. The van der Waals surface area contributed by atoms with Crippen LogP contribution in [0, 0.1) is 0 Å². The van der Waals surface area contributed by atoms with Crippen molar-refractivity contribution in [3.63, 3.8) is 0 Å². The molecule has 27 heavy (non-hydrogen) atoms. The van der Waals surface area contributed by atoms with Crippen LogP contribution in [0.5, 0.6) is 0 Å². The average molecular weight is 386 g/mol. The SMILES string of the molecule is O=C(O)CC[C@@H](N[C@@H](CCN[C@@H](Cc1cnc[nH]1)C(=O)O)C(=O)O)C(=O)O. The van der Waals surface area contributed by atoms with Crippen molar-refractivity contribution in [2.24, 2.45) is 0 Å². The van der Waals surface area contributed by atoms with Crippen LogP contribution in [-0.2, 0) is 25.6 Å². The van der Waals surface area contributed by atoms with Crippen LogP contribution in [0.25, 0.3) is 0 Å². The first-order chi connectivity index (χ1) is 12.7. The predicted molar refractivity (Wildman–Crippen MR) is 89.2 cm³/mol. The van der Waals surface area contributed by atoms with Crippen LogP contribution in [0.4, 0.5) is 0 Å². The van der Waals surface area contributed by atoms with Gasteiger partial charge in [0.1, 0.15) is 18.1 Å². The molecule has 1 aromatic rings. The first-order valence-corrected chi connectivity index (χ1v) is 8.07. The summed E-state index contributed by atoms with van der Waals surface area (Å²) >= 11 is 0. The summed E-state index contributed by atoms with van der Waals surface area (Å²) in [7, 11) is 0. The zero-order valence-electron chi connectivity index (χ0n) is 14.3. The molecule has 7 N–H and O–H groups in total. The van der Waals surface area contributed by atoms with Gasteiger partial charge in [-0.2, -0.15) is 0 Å². The third kappa shape index (κ3) is 8.29. The summed E-state index contributed by atoms with van der Waals surface area (Å²) in [6.45, 7) is -0.0136. The zero-order valence-corrected chi connectivity index (χ0v) is 14.3. The maximum absolute atomic E-state index is 11.3. The summed E-state index contributed by atoms with van der Waals surface area (Å²) in [6, 6.07) is -3.61. The van der Waals surface area contributed by atoms with Gasteiger partial charge in [0, 0.05) is 24.7 Å². The molecule has 3 atom stereocenters. The lowest BCUT2D eigenvalue weighted by molar-refractivity contribution is -0.143. The minimum Gasteiger partial charge on any atom is -0.481 e. The standard InChI is InChI=1S/C15H22N4O8/c20-12(21)2-1-9(13(22)23)19-10(14(24)25)3-4-17-11(15(26)27)5-8-6-16-7-18-8/h6-7,9-11,17,19H,1-5H2,(H,16,18)(H,20,21)(H,22,23)(H,24,25)(H,26,27)/t9-,10+,11+/m1/s1. The van der Waals surface area contributed by atoms with E-state index < -0.39 is 48.4 Å². The third-order valence-electron chi connectivity index (χ3n) is 3.75. The van der Waals surface area contributed by atoms with Crippen LogP contribution in [-0.4, -0.2) is 78.9 Å². The molecule has 0 spiro atoms. The van der Waals surface area contributed by atoms with Crippen molar-refractivity contribution in [2.45, 2.75) is 43.8 Å². The van der Waals surface area contributed by atoms with E-state index in [1.54, 1.807) is 0 Å². The molecular weight excluding hydrogens is 364 g/mol. The van der Waals surface area contributed by atoms with E-state index in [1.165, 1.54) is 12.5 Å². The quantitative estimate of drug-likeness (QED) is 0.201. The number of carboxylic acids is 4. The van der Waals surface area contributed by atoms with Gasteiger partial charge in [-0.05, 0) is 19.4 Å². The van der Waals surface area contributed by atoms with Crippen LogP contribution in [0.2, 0.25) is 0 Å². The van der Waals surface area contributed by atoms with Gasteiger partial charge in [-0.3, -0.25) is 24.5 Å². The lowest BCUT2D eigenvalue weighted by Gasteiger charge is -2.21. The Morgan fingerprint density at radius 1 is 0.963 bits per heavy atom. The topological polar surface area (TPSA) is 202 Å². The summed E-state index contributed by atoms with van der Waals surface area (Å²) in [4.78, 5) is 50.9. The Kier molecular flexibility index (Phi) is 8.89. The molecule has 0 radical (unpaired) electrons. The number of aromatic amines is 1. The molecule has 0 aromatic carbocycles. The molecule has 0 aliphatic heterocycles. The number of carbonyl (C=O) groups is 4. The number of rotatable bonds is 14. The number of imidazole rings is 1. The van der Waals surface area contributed by atoms with E-state index in [9.17, 15) is 29.4 Å². The largest absolute Gasteiger partial charge is 0.481 e. The molecule has 0 fully saturated rings. The zero-order chi connectivity index (χ0) is 20.4. The van der Waals surface area contributed by atoms with Crippen molar-refractivity contribution in [3.05, 3.63) is 18.2 Å². The summed E-state index contributed by atoms with van der Waals surface area (Å²) in [5.74, 6) is -5.01. The maximum atomic E-state index is 11.3. The molecule has 0 amide bonds. The van der Waals surface area contributed by atoms with E-state index in [1.807, 2.05) is 0 Å². The van der Waals surface area contributed by atoms with Crippen LogP contribution < -0.4 is 10.6 Å².